The molecule has 0 bridgehead atoms. The number of halogens is 1. The molecule has 2 rings (SSSR count). The number of benzene rings is 1. The van der Waals surface area contributed by atoms with Crippen LogP contribution >= 0.6 is 11.6 Å². The van der Waals surface area contributed by atoms with Crippen LogP contribution in [0.25, 0.3) is 0 Å². The molecule has 0 saturated carbocycles. The van der Waals surface area contributed by atoms with Crippen molar-refractivity contribution in [3.05, 3.63) is 29.8 Å². The van der Waals surface area contributed by atoms with Crippen molar-refractivity contribution in [3.63, 3.8) is 0 Å². The minimum absolute atomic E-state index is 0.233. The number of carbonyl (C=O) groups excluding carboxylic acids is 1. The van der Waals surface area contributed by atoms with Gasteiger partial charge in [0.2, 0.25) is 0 Å². The molecule has 7 heteroatoms. The van der Waals surface area contributed by atoms with Crippen molar-refractivity contribution in [2.24, 2.45) is 4.99 Å². The summed E-state index contributed by atoms with van der Waals surface area (Å²) in [5.74, 6) is -0.353. The maximum Gasteiger partial charge on any atom is 0.375 e. The highest BCUT2D eigenvalue weighted by Gasteiger charge is 2.25. The molecule has 1 amide bonds. The molecule has 0 saturated heterocycles. The summed E-state index contributed by atoms with van der Waals surface area (Å²) in [5, 5.41) is 14.8. The summed E-state index contributed by atoms with van der Waals surface area (Å²) >= 11 is 6.03. The van der Waals surface area contributed by atoms with E-state index >= 15 is 0 Å². The molecule has 1 aliphatic heterocycles. The average molecular weight is 251 g/mol. The molecule has 3 N–H and O–H groups in total. The van der Waals surface area contributed by atoms with E-state index in [1.807, 2.05) is 6.07 Å². The Hall–Kier alpha value is -1.37. The summed E-state index contributed by atoms with van der Waals surface area (Å²) in [6.07, 6.45) is -0.894. The smallest absolute Gasteiger partial charge is 0.375 e. The number of benzodiazepines with no additional fused rings is 1. The van der Waals surface area contributed by atoms with E-state index in [9.17, 15) is 9.82 Å². The molecule has 17 heavy (non-hydrogen) atoms. The maximum absolute atomic E-state index is 11.8. The van der Waals surface area contributed by atoms with Crippen LogP contribution in [0.4, 0.5) is 5.69 Å². The Kier molecular flexibility index (Phi) is 3.47. The van der Waals surface area contributed by atoms with Gasteiger partial charge in [0.1, 0.15) is 5.17 Å². The number of fused-ring (bicyclic) bond motifs is 1. The van der Waals surface area contributed by atoms with Gasteiger partial charge in [-0.25, -0.2) is 4.99 Å². The van der Waals surface area contributed by atoms with Crippen molar-refractivity contribution in [2.45, 2.75) is 13.0 Å². The molecule has 0 fully saturated rings. The molecule has 0 radical (unpaired) electrons. The van der Waals surface area contributed by atoms with E-state index in [-0.39, 0.29) is 11.1 Å². The van der Waals surface area contributed by atoms with Gasteiger partial charge in [0.25, 0.3) is 5.91 Å². The number of hydrogen-bond acceptors (Lipinski definition) is 4. The van der Waals surface area contributed by atoms with E-state index in [4.69, 9.17) is 11.6 Å². The van der Waals surface area contributed by atoms with E-state index < -0.39 is 13.2 Å². The van der Waals surface area contributed by atoms with E-state index in [1.165, 1.54) is 6.82 Å². The molecular formula is C10H11BClN3O2. The number of amides is 1. The van der Waals surface area contributed by atoms with Gasteiger partial charge in [-0.1, -0.05) is 23.7 Å². The lowest BCUT2D eigenvalue weighted by Crippen LogP contribution is -2.45. The highest BCUT2D eigenvalue weighted by atomic mass is 35.5. The van der Waals surface area contributed by atoms with Crippen LogP contribution in [0.15, 0.2) is 29.3 Å². The molecule has 1 heterocycles. The lowest BCUT2D eigenvalue weighted by atomic mass is 9.88. The summed E-state index contributed by atoms with van der Waals surface area (Å²) in [6.45, 7) is 1.51. The zero-order valence-corrected chi connectivity index (χ0v) is 9.90. The van der Waals surface area contributed by atoms with Crippen molar-refractivity contribution in [2.75, 3.05) is 5.32 Å². The standard InChI is InChI=1S/C10H11BClN3O2/c1-11(17)15-9-10(16)13-7-5-3-2-4-6(7)8(12)14-9/h2-5,9,15,17H,1H3,(H,13,16). The zero-order valence-electron chi connectivity index (χ0n) is 9.14. The van der Waals surface area contributed by atoms with Crippen molar-refractivity contribution in [3.8, 4) is 0 Å². The summed E-state index contributed by atoms with van der Waals surface area (Å²) in [5.41, 5.74) is 1.28. The Balaban J connectivity index is 2.36. The van der Waals surface area contributed by atoms with Gasteiger partial charge in [0.15, 0.2) is 6.17 Å². The normalized spacial score (nSPS) is 18.9. The molecule has 0 aliphatic carbocycles. The molecular weight excluding hydrogens is 240 g/mol. The summed E-state index contributed by atoms with van der Waals surface area (Å²) in [7, 11) is -0.847. The molecule has 0 spiro atoms. The lowest BCUT2D eigenvalue weighted by Gasteiger charge is -2.12. The van der Waals surface area contributed by atoms with Crippen LogP contribution < -0.4 is 10.5 Å². The molecule has 5 nitrogen and oxygen atoms in total. The van der Waals surface area contributed by atoms with E-state index in [1.54, 1.807) is 18.2 Å². The predicted molar refractivity (Wildman–Crippen MR) is 68.2 cm³/mol. The summed E-state index contributed by atoms with van der Waals surface area (Å²) in [6, 6.07) is 7.12. The first kappa shape index (κ1) is 12.1. The molecule has 1 aromatic carbocycles. The number of para-hydroxylation sites is 1. The van der Waals surface area contributed by atoms with Crippen LogP contribution in [0.5, 0.6) is 0 Å². The number of carbonyl (C=O) groups is 1. The van der Waals surface area contributed by atoms with E-state index in [0.717, 1.165) is 0 Å². The minimum Gasteiger partial charge on any atom is -0.437 e. The zero-order chi connectivity index (χ0) is 12.4. The lowest BCUT2D eigenvalue weighted by molar-refractivity contribution is -0.117. The van der Waals surface area contributed by atoms with Gasteiger partial charge < -0.3 is 15.6 Å². The first-order chi connectivity index (χ1) is 8.08. The van der Waals surface area contributed by atoms with Gasteiger partial charge in [-0.15, -0.1) is 0 Å². The van der Waals surface area contributed by atoms with Crippen LogP contribution in [-0.2, 0) is 4.79 Å². The van der Waals surface area contributed by atoms with E-state index in [2.05, 4.69) is 15.5 Å². The summed E-state index contributed by atoms with van der Waals surface area (Å²) in [4.78, 5) is 15.8. The SMILES string of the molecule is CB(O)NC1N=C(Cl)c2ccccc2NC1=O. The number of anilines is 1. The Labute approximate surface area is 104 Å². The predicted octanol–water partition coefficient (Wildman–Crippen LogP) is 0.650. The second-order valence-electron chi connectivity index (χ2n) is 3.70. The first-order valence-electron chi connectivity index (χ1n) is 5.15. The highest BCUT2D eigenvalue weighted by molar-refractivity contribution is 6.70. The topological polar surface area (TPSA) is 73.7 Å². The second-order valence-corrected chi connectivity index (χ2v) is 4.06. The van der Waals surface area contributed by atoms with E-state index in [0.29, 0.717) is 11.3 Å². The van der Waals surface area contributed by atoms with Crippen LogP contribution in [0, 0.1) is 0 Å². The fourth-order valence-electron chi connectivity index (χ4n) is 1.56. The van der Waals surface area contributed by atoms with Crippen LogP contribution in [0.2, 0.25) is 6.82 Å². The fourth-order valence-corrected chi connectivity index (χ4v) is 1.82. The maximum atomic E-state index is 11.8. The van der Waals surface area contributed by atoms with Crippen molar-refractivity contribution >= 4 is 35.4 Å². The monoisotopic (exact) mass is 251 g/mol. The number of aliphatic imine (C=N–C) groups is 1. The third kappa shape index (κ3) is 2.66. The average Bonchev–Trinajstić information content (AvgIpc) is 2.38. The van der Waals surface area contributed by atoms with Gasteiger partial charge in [0, 0.05) is 5.56 Å². The number of rotatable bonds is 2. The van der Waals surface area contributed by atoms with Gasteiger partial charge in [-0.3, -0.25) is 4.79 Å². The van der Waals surface area contributed by atoms with Crippen LogP contribution in [-0.4, -0.2) is 29.3 Å². The van der Waals surface area contributed by atoms with Crippen molar-refractivity contribution < 1.29 is 9.82 Å². The number of hydrogen-bond donors (Lipinski definition) is 3. The van der Waals surface area contributed by atoms with Crippen LogP contribution in [0.3, 0.4) is 0 Å². The molecule has 1 atom stereocenters. The number of nitrogens with zero attached hydrogens (tertiary/aromatic N) is 1. The largest absolute Gasteiger partial charge is 0.437 e. The van der Waals surface area contributed by atoms with Crippen LogP contribution in [0.1, 0.15) is 5.56 Å². The third-order valence-corrected chi connectivity index (χ3v) is 2.60. The first-order valence-corrected chi connectivity index (χ1v) is 5.53. The Morgan fingerprint density at radius 3 is 2.94 bits per heavy atom. The van der Waals surface area contributed by atoms with Crippen molar-refractivity contribution in [1.29, 1.82) is 0 Å². The fraction of sp³-hybridized carbons (Fsp3) is 0.200. The Morgan fingerprint density at radius 1 is 1.53 bits per heavy atom. The quantitative estimate of drug-likeness (QED) is 0.676. The Bertz CT molecular complexity index is 478. The Morgan fingerprint density at radius 2 is 2.24 bits per heavy atom. The molecule has 1 aliphatic rings. The summed E-state index contributed by atoms with van der Waals surface area (Å²) < 4.78 is 0. The molecule has 1 aromatic rings. The molecule has 0 aromatic heterocycles. The van der Waals surface area contributed by atoms with Gasteiger partial charge in [-0.2, -0.15) is 0 Å². The second kappa shape index (κ2) is 4.87. The molecule has 1 unspecified atom stereocenters. The van der Waals surface area contributed by atoms with Crippen molar-refractivity contribution in [1.82, 2.24) is 5.23 Å². The third-order valence-electron chi connectivity index (χ3n) is 2.30. The molecule has 88 valence electrons. The highest BCUT2D eigenvalue weighted by Crippen LogP contribution is 2.21. The van der Waals surface area contributed by atoms with Gasteiger partial charge >= 0.3 is 7.05 Å². The van der Waals surface area contributed by atoms with Gasteiger partial charge in [0.05, 0.1) is 5.69 Å². The van der Waals surface area contributed by atoms with Gasteiger partial charge in [-0.05, 0) is 19.0 Å². The minimum atomic E-state index is -0.894. The number of nitrogens with one attached hydrogen (secondary N) is 2.